The molecule has 0 aromatic heterocycles. The summed E-state index contributed by atoms with van der Waals surface area (Å²) in [7, 11) is -4.47. The van der Waals surface area contributed by atoms with E-state index in [4.69, 9.17) is 0 Å². The van der Waals surface area contributed by atoms with Crippen LogP contribution in [0.2, 0.25) is 0 Å². The second-order valence-electron chi connectivity index (χ2n) is 6.00. The van der Waals surface area contributed by atoms with Gasteiger partial charge in [-0.25, -0.2) is 0 Å². The van der Waals surface area contributed by atoms with Crippen molar-refractivity contribution >= 4 is 7.60 Å². The average Bonchev–Trinajstić information content (AvgIpc) is 2.38. The summed E-state index contributed by atoms with van der Waals surface area (Å²) in [5, 5.41) is 9.08. The number of rotatable bonds is 3. The van der Waals surface area contributed by atoms with Gasteiger partial charge in [-0.1, -0.05) is 38.5 Å². The summed E-state index contributed by atoms with van der Waals surface area (Å²) in [5.41, 5.74) is 0. The smallest absolute Gasteiger partial charge is 0.357 e. The molecular weight excluding hydrogens is 251 g/mol. The highest BCUT2D eigenvalue weighted by molar-refractivity contribution is 7.53. The van der Waals surface area contributed by atoms with Crippen LogP contribution in [0.3, 0.4) is 0 Å². The summed E-state index contributed by atoms with van der Waals surface area (Å²) in [6.45, 7) is 0. The Bertz CT molecular complexity index is 295. The first-order valence-corrected chi connectivity index (χ1v) is 8.85. The van der Waals surface area contributed by atoms with E-state index in [1.807, 2.05) is 0 Å². The molecule has 2 aliphatic carbocycles. The molecule has 2 aliphatic rings. The predicted octanol–water partition coefficient (Wildman–Crippen LogP) is 3.01. The third kappa shape index (κ3) is 2.67. The molecule has 0 radical (unpaired) electrons. The molecule has 2 rings (SSSR count). The van der Waals surface area contributed by atoms with Gasteiger partial charge in [0.15, 0.2) is 5.34 Å². The molecule has 2 fully saturated rings. The lowest BCUT2D eigenvalue weighted by Crippen LogP contribution is -2.46. The van der Waals surface area contributed by atoms with Gasteiger partial charge in [0.25, 0.3) is 0 Å². The predicted molar refractivity (Wildman–Crippen MR) is 70.1 cm³/mol. The van der Waals surface area contributed by atoms with E-state index in [1.54, 1.807) is 0 Å². The highest BCUT2D eigenvalue weighted by Gasteiger charge is 2.56. The molecule has 18 heavy (non-hydrogen) atoms. The van der Waals surface area contributed by atoms with Crippen LogP contribution in [-0.2, 0) is 4.57 Å². The maximum Gasteiger partial charge on any atom is 0.357 e. The van der Waals surface area contributed by atoms with Crippen LogP contribution in [0.1, 0.15) is 64.2 Å². The Kier molecular flexibility index (Phi) is 4.53. The van der Waals surface area contributed by atoms with Gasteiger partial charge in [-0.15, -0.1) is 0 Å². The third-order valence-electron chi connectivity index (χ3n) is 4.88. The Morgan fingerprint density at radius 2 is 1.11 bits per heavy atom. The Morgan fingerprint density at radius 3 is 1.39 bits per heavy atom. The first-order valence-electron chi connectivity index (χ1n) is 7.24. The molecule has 4 nitrogen and oxygen atoms in total. The standard InChI is InChI=1S/C13H25O4P/c14-13(18(15,16)17,11-7-3-1-4-8-11)12-9-5-2-6-10-12/h11-12,14H,1-10H2,(H2,15,16,17). The molecule has 2 saturated carbocycles. The molecule has 0 bridgehead atoms. The minimum Gasteiger partial charge on any atom is -0.377 e. The Morgan fingerprint density at radius 1 is 0.778 bits per heavy atom. The third-order valence-corrected chi connectivity index (χ3v) is 6.54. The SMILES string of the molecule is O=P(O)(O)C(O)(C1CCCCC1)C1CCCCC1. The van der Waals surface area contributed by atoms with E-state index in [-0.39, 0.29) is 11.8 Å². The molecular formula is C13H25O4P. The van der Waals surface area contributed by atoms with Crippen molar-refractivity contribution in [3.05, 3.63) is 0 Å². The molecule has 0 unspecified atom stereocenters. The summed E-state index contributed by atoms with van der Waals surface area (Å²) in [6.07, 6.45) is 9.24. The van der Waals surface area contributed by atoms with Crippen LogP contribution in [0, 0.1) is 11.8 Å². The van der Waals surface area contributed by atoms with Crippen LogP contribution in [0.15, 0.2) is 0 Å². The largest absolute Gasteiger partial charge is 0.377 e. The molecule has 0 aromatic rings. The normalized spacial score (nSPS) is 25.3. The molecule has 0 aliphatic heterocycles. The molecule has 0 amide bonds. The van der Waals surface area contributed by atoms with Crippen molar-refractivity contribution in [2.45, 2.75) is 69.6 Å². The first-order chi connectivity index (χ1) is 8.46. The van der Waals surface area contributed by atoms with E-state index in [0.29, 0.717) is 0 Å². The summed E-state index contributed by atoms with van der Waals surface area (Å²) >= 11 is 0. The lowest BCUT2D eigenvalue weighted by atomic mass is 9.75. The minimum absolute atomic E-state index is 0.213. The zero-order valence-corrected chi connectivity index (χ0v) is 11.8. The molecule has 3 N–H and O–H groups in total. The van der Waals surface area contributed by atoms with Crippen molar-refractivity contribution in [3.63, 3.8) is 0 Å². The van der Waals surface area contributed by atoms with Gasteiger partial charge < -0.3 is 14.9 Å². The second kappa shape index (κ2) is 5.62. The number of hydrogen-bond donors (Lipinski definition) is 3. The minimum atomic E-state index is -4.47. The molecule has 0 heterocycles. The monoisotopic (exact) mass is 276 g/mol. The summed E-state index contributed by atoms with van der Waals surface area (Å²) in [5.74, 6) is -0.426. The van der Waals surface area contributed by atoms with E-state index in [1.165, 1.54) is 0 Å². The molecule has 5 heteroatoms. The maximum atomic E-state index is 11.9. The van der Waals surface area contributed by atoms with E-state index in [9.17, 15) is 19.5 Å². The summed E-state index contributed by atoms with van der Waals surface area (Å²) in [6, 6.07) is 0. The van der Waals surface area contributed by atoms with Gasteiger partial charge in [0.2, 0.25) is 0 Å². The van der Waals surface area contributed by atoms with Crippen molar-refractivity contribution in [2.75, 3.05) is 0 Å². The fourth-order valence-corrected chi connectivity index (χ4v) is 5.33. The van der Waals surface area contributed by atoms with Crippen LogP contribution in [0.25, 0.3) is 0 Å². The van der Waals surface area contributed by atoms with Crippen molar-refractivity contribution < 1.29 is 19.5 Å². The molecule has 0 atom stereocenters. The highest BCUT2D eigenvalue weighted by atomic mass is 31.2. The fraction of sp³-hybridized carbons (Fsp3) is 1.00. The van der Waals surface area contributed by atoms with Crippen molar-refractivity contribution in [2.24, 2.45) is 11.8 Å². The topological polar surface area (TPSA) is 77.8 Å². The van der Waals surface area contributed by atoms with Crippen LogP contribution in [0.4, 0.5) is 0 Å². The van der Waals surface area contributed by atoms with E-state index >= 15 is 0 Å². The van der Waals surface area contributed by atoms with E-state index in [0.717, 1.165) is 64.2 Å². The lowest BCUT2D eigenvalue weighted by molar-refractivity contribution is -0.0412. The maximum absolute atomic E-state index is 11.9. The van der Waals surface area contributed by atoms with Gasteiger partial charge in [0.05, 0.1) is 0 Å². The Labute approximate surface area is 109 Å². The lowest BCUT2D eigenvalue weighted by Gasteiger charge is -2.45. The van der Waals surface area contributed by atoms with Crippen LogP contribution in [-0.4, -0.2) is 20.2 Å². The van der Waals surface area contributed by atoms with Crippen LogP contribution in [0.5, 0.6) is 0 Å². The van der Waals surface area contributed by atoms with E-state index < -0.39 is 12.9 Å². The van der Waals surface area contributed by atoms with Gasteiger partial charge in [0.1, 0.15) is 0 Å². The van der Waals surface area contributed by atoms with Gasteiger partial charge in [-0.2, -0.15) is 0 Å². The van der Waals surface area contributed by atoms with Gasteiger partial charge >= 0.3 is 7.60 Å². The van der Waals surface area contributed by atoms with E-state index in [2.05, 4.69) is 0 Å². The van der Waals surface area contributed by atoms with Gasteiger partial charge in [-0.05, 0) is 37.5 Å². The van der Waals surface area contributed by atoms with Crippen molar-refractivity contribution in [3.8, 4) is 0 Å². The van der Waals surface area contributed by atoms with Gasteiger partial charge in [0, 0.05) is 0 Å². The zero-order valence-electron chi connectivity index (χ0n) is 10.9. The highest BCUT2D eigenvalue weighted by Crippen LogP contribution is 2.61. The molecule has 0 aromatic carbocycles. The fourth-order valence-electron chi connectivity index (χ4n) is 3.86. The van der Waals surface area contributed by atoms with Crippen molar-refractivity contribution in [1.82, 2.24) is 0 Å². The average molecular weight is 276 g/mol. The molecule has 0 spiro atoms. The number of hydrogen-bond acceptors (Lipinski definition) is 2. The molecule has 0 saturated heterocycles. The molecule has 106 valence electrons. The van der Waals surface area contributed by atoms with Crippen LogP contribution < -0.4 is 0 Å². The Hall–Kier alpha value is 0.110. The Balaban J connectivity index is 2.23. The van der Waals surface area contributed by atoms with Crippen LogP contribution >= 0.6 is 7.60 Å². The quantitative estimate of drug-likeness (QED) is 0.692. The first kappa shape index (κ1) is 14.5. The summed E-state index contributed by atoms with van der Waals surface area (Å²) in [4.78, 5) is 19.4. The second-order valence-corrected chi connectivity index (χ2v) is 7.80. The number of aliphatic hydroxyl groups is 1. The zero-order chi connectivity index (χ0) is 13.2. The van der Waals surface area contributed by atoms with Gasteiger partial charge in [-0.3, -0.25) is 4.57 Å². The van der Waals surface area contributed by atoms with Crippen molar-refractivity contribution in [1.29, 1.82) is 0 Å². The summed E-state index contributed by atoms with van der Waals surface area (Å²) < 4.78 is 11.9.